The van der Waals surface area contributed by atoms with Gasteiger partial charge in [0.2, 0.25) is 5.95 Å². The molecule has 2 fully saturated rings. The number of hydrogen-bond donors (Lipinski definition) is 1. The number of anilines is 1. The van der Waals surface area contributed by atoms with Crippen LogP contribution in [0.5, 0.6) is 0 Å². The fourth-order valence-corrected chi connectivity index (χ4v) is 11.0. The Bertz CT molecular complexity index is 799. The summed E-state index contributed by atoms with van der Waals surface area (Å²) in [6.45, 7) is 25.2. The predicted octanol–water partition coefficient (Wildman–Crippen LogP) is 5.35. The van der Waals surface area contributed by atoms with Crippen LogP contribution in [0.3, 0.4) is 0 Å². The van der Waals surface area contributed by atoms with E-state index in [0.29, 0.717) is 6.61 Å². The van der Waals surface area contributed by atoms with E-state index in [1.807, 2.05) is 0 Å². The minimum atomic E-state index is -2.67. The van der Waals surface area contributed by atoms with Gasteiger partial charge < -0.3 is 23.7 Å². The first-order chi connectivity index (χ1) is 14.4. The molecule has 0 unspecified atom stereocenters. The average Bonchev–Trinajstić information content (AvgIpc) is 2.96. The van der Waals surface area contributed by atoms with Crippen molar-refractivity contribution < 1.29 is 18.0 Å². The van der Waals surface area contributed by atoms with Crippen molar-refractivity contribution in [3.8, 4) is 0 Å². The Kier molecular flexibility index (Phi) is 6.55. The molecule has 7 nitrogen and oxygen atoms in total. The van der Waals surface area contributed by atoms with Gasteiger partial charge in [0, 0.05) is 28.0 Å². The number of ether oxygens (including phenoxy) is 1. The fraction of sp³-hybridized carbons (Fsp3) is 0.826. The first kappa shape index (κ1) is 25.8. The zero-order valence-electron chi connectivity index (χ0n) is 21.8. The summed E-state index contributed by atoms with van der Waals surface area (Å²) in [4.78, 5) is 8.41. The molecule has 0 radical (unpaired) electrons. The van der Waals surface area contributed by atoms with E-state index in [1.54, 1.807) is 12.4 Å². The Balaban J connectivity index is 2.05. The van der Waals surface area contributed by atoms with Crippen LogP contribution in [-0.2, 0) is 18.0 Å². The van der Waals surface area contributed by atoms with Gasteiger partial charge in [-0.25, -0.2) is 9.97 Å². The third kappa shape index (κ3) is 4.44. The van der Waals surface area contributed by atoms with Crippen LogP contribution in [0.1, 0.15) is 74.0 Å². The highest BCUT2D eigenvalue weighted by Crippen LogP contribution is 2.57. The van der Waals surface area contributed by atoms with Crippen molar-refractivity contribution in [3.05, 3.63) is 18.0 Å². The second-order valence-electron chi connectivity index (χ2n) is 12.8. The van der Waals surface area contributed by atoms with E-state index in [9.17, 15) is 0 Å². The molecule has 3 heterocycles. The van der Waals surface area contributed by atoms with Gasteiger partial charge in [0.25, 0.3) is 0 Å². The highest BCUT2D eigenvalue weighted by atomic mass is 28.4. The summed E-state index contributed by atoms with van der Waals surface area (Å²) in [6, 6.07) is 0. The molecule has 2 aliphatic rings. The minimum Gasteiger partial charge on any atom is -0.408 e. The van der Waals surface area contributed by atoms with Crippen molar-refractivity contribution in [2.45, 2.75) is 115 Å². The molecule has 182 valence electrons. The summed E-state index contributed by atoms with van der Waals surface area (Å²) >= 11 is 0. The fourth-order valence-electron chi connectivity index (χ4n) is 4.75. The predicted molar refractivity (Wildman–Crippen MR) is 132 cm³/mol. The van der Waals surface area contributed by atoms with Gasteiger partial charge in [-0.05, 0) is 18.1 Å². The Labute approximate surface area is 196 Å². The van der Waals surface area contributed by atoms with Crippen LogP contribution in [0.2, 0.25) is 28.2 Å². The molecule has 1 aromatic heterocycles. The van der Waals surface area contributed by atoms with E-state index in [2.05, 4.69) is 85.4 Å². The van der Waals surface area contributed by atoms with Crippen molar-refractivity contribution in [2.75, 3.05) is 12.3 Å². The van der Waals surface area contributed by atoms with E-state index >= 15 is 0 Å². The molecular formula is C23H43N3O4Si2. The molecular weight excluding hydrogens is 438 g/mol. The molecule has 3 rings (SSSR count). The zero-order chi connectivity index (χ0) is 24.3. The number of rotatable bonds is 3. The van der Waals surface area contributed by atoms with Gasteiger partial charge in [0.1, 0.15) is 24.4 Å². The largest absolute Gasteiger partial charge is 0.408 e. The molecule has 4 atom stereocenters. The summed E-state index contributed by atoms with van der Waals surface area (Å²) < 4.78 is 27.3. The number of nitrogens with two attached hydrogens (primary N) is 1. The Morgan fingerprint density at radius 3 is 2.00 bits per heavy atom. The maximum absolute atomic E-state index is 7.10. The maximum atomic E-state index is 7.10. The molecule has 32 heavy (non-hydrogen) atoms. The Hall–Kier alpha value is -0.846. The molecule has 0 amide bonds. The number of nitrogen functional groups attached to an aromatic ring is 1. The second-order valence-corrected chi connectivity index (χ2v) is 22.3. The van der Waals surface area contributed by atoms with E-state index in [1.165, 1.54) is 0 Å². The smallest absolute Gasteiger partial charge is 0.349 e. The molecule has 1 aromatic rings. The minimum absolute atomic E-state index is 0.0565. The molecule has 0 saturated carbocycles. The summed E-state index contributed by atoms with van der Waals surface area (Å²) in [5, 5.41) is -0.165. The molecule has 0 aromatic carbocycles. The standard InChI is InChI=1S/C23H43N3O4Si2/c1-21(2,3)31(10,11)29-19-17(15-12-25-20(24)26-13-15)28-16-14-27-32(22(4,5)6,23(7,8)9)30-18(16)19/h12-13,16-19H,14H2,1-11H3,(H2,24,25,26)/t16-,17+,18-,19+/m1/s1. The lowest BCUT2D eigenvalue weighted by atomic mass is 10.0. The normalized spacial score (nSPS) is 29.1. The van der Waals surface area contributed by atoms with Gasteiger partial charge in [-0.3, -0.25) is 0 Å². The van der Waals surface area contributed by atoms with E-state index in [-0.39, 0.29) is 45.5 Å². The third-order valence-electron chi connectivity index (χ3n) is 7.29. The summed E-state index contributed by atoms with van der Waals surface area (Å²) in [5.41, 5.74) is 6.60. The van der Waals surface area contributed by atoms with Crippen molar-refractivity contribution >= 4 is 22.8 Å². The highest BCUT2D eigenvalue weighted by Gasteiger charge is 2.65. The van der Waals surface area contributed by atoms with Crippen LogP contribution in [0.25, 0.3) is 0 Å². The number of hydrogen-bond acceptors (Lipinski definition) is 7. The van der Waals surface area contributed by atoms with Crippen LogP contribution < -0.4 is 5.73 Å². The van der Waals surface area contributed by atoms with E-state index < -0.39 is 16.9 Å². The highest BCUT2D eigenvalue weighted by molar-refractivity contribution is 6.74. The van der Waals surface area contributed by atoms with Gasteiger partial charge in [-0.2, -0.15) is 0 Å². The monoisotopic (exact) mass is 481 g/mol. The van der Waals surface area contributed by atoms with Gasteiger partial charge in [-0.1, -0.05) is 62.3 Å². The van der Waals surface area contributed by atoms with Crippen LogP contribution in [0, 0.1) is 0 Å². The molecule has 9 heteroatoms. The van der Waals surface area contributed by atoms with Crippen molar-refractivity contribution in [3.63, 3.8) is 0 Å². The molecule has 2 aliphatic heterocycles. The van der Waals surface area contributed by atoms with Crippen LogP contribution in [0.15, 0.2) is 12.4 Å². The molecule has 2 saturated heterocycles. The number of fused-ring (bicyclic) bond motifs is 1. The molecule has 0 bridgehead atoms. The number of aromatic nitrogens is 2. The van der Waals surface area contributed by atoms with Crippen LogP contribution >= 0.6 is 0 Å². The zero-order valence-corrected chi connectivity index (χ0v) is 23.8. The van der Waals surface area contributed by atoms with Gasteiger partial charge in [0.15, 0.2) is 8.32 Å². The third-order valence-corrected chi connectivity index (χ3v) is 16.9. The Morgan fingerprint density at radius 2 is 1.53 bits per heavy atom. The summed E-state index contributed by atoms with van der Waals surface area (Å²) in [5.74, 6) is 0.248. The van der Waals surface area contributed by atoms with E-state index in [4.69, 9.17) is 23.7 Å². The molecule has 0 spiro atoms. The second kappa shape index (κ2) is 8.13. The van der Waals surface area contributed by atoms with Gasteiger partial charge in [-0.15, -0.1) is 0 Å². The van der Waals surface area contributed by atoms with Crippen molar-refractivity contribution in [1.82, 2.24) is 9.97 Å². The quantitative estimate of drug-likeness (QED) is 0.582. The summed E-state index contributed by atoms with van der Waals surface area (Å²) in [6.07, 6.45) is 2.50. The topological polar surface area (TPSA) is 88.7 Å². The molecule has 2 N–H and O–H groups in total. The lowest BCUT2D eigenvalue weighted by Crippen LogP contribution is -2.66. The maximum Gasteiger partial charge on any atom is 0.349 e. The lowest BCUT2D eigenvalue weighted by molar-refractivity contribution is -0.0716. The Morgan fingerprint density at radius 1 is 1.00 bits per heavy atom. The van der Waals surface area contributed by atoms with E-state index in [0.717, 1.165) is 5.56 Å². The van der Waals surface area contributed by atoms with Gasteiger partial charge in [0.05, 0.1) is 6.61 Å². The van der Waals surface area contributed by atoms with Crippen molar-refractivity contribution in [2.24, 2.45) is 0 Å². The average molecular weight is 482 g/mol. The van der Waals surface area contributed by atoms with Crippen LogP contribution in [0.4, 0.5) is 5.95 Å². The first-order valence-corrected chi connectivity index (χ1v) is 16.3. The summed E-state index contributed by atoms with van der Waals surface area (Å²) in [7, 11) is -4.79. The number of nitrogens with zero attached hydrogens (tertiary/aromatic N) is 2. The van der Waals surface area contributed by atoms with Crippen LogP contribution in [-0.4, -0.2) is 51.8 Å². The van der Waals surface area contributed by atoms with Crippen molar-refractivity contribution in [1.29, 1.82) is 0 Å². The molecule has 0 aliphatic carbocycles. The SMILES string of the molecule is CC(C)(C)[Si](C)(C)O[C@@H]1[C@@H]2O[Si](C(C)(C)C)(C(C)(C)C)OC[C@H]2O[C@H]1c1cnc(N)nc1. The first-order valence-electron chi connectivity index (χ1n) is 11.6. The van der Waals surface area contributed by atoms with Gasteiger partial charge >= 0.3 is 8.56 Å². The lowest BCUT2D eigenvalue weighted by Gasteiger charge is -2.54.